The molecule has 0 fully saturated rings. The zero-order valence-corrected chi connectivity index (χ0v) is 9.38. The summed E-state index contributed by atoms with van der Waals surface area (Å²) in [6.45, 7) is 5.34. The van der Waals surface area contributed by atoms with E-state index in [2.05, 4.69) is 13.8 Å². The summed E-state index contributed by atoms with van der Waals surface area (Å²) in [5.74, 6) is 0.753. The second-order valence-electron chi connectivity index (χ2n) is 4.01. The van der Waals surface area contributed by atoms with Crippen LogP contribution in [0.2, 0.25) is 0 Å². The molecule has 2 N–H and O–H groups in total. The Morgan fingerprint density at radius 1 is 1.15 bits per heavy atom. The quantitative estimate of drug-likeness (QED) is 0.634. The van der Waals surface area contributed by atoms with E-state index in [1.54, 1.807) is 7.11 Å². The number of hydrogen-bond acceptors (Lipinski definition) is 2. The van der Waals surface area contributed by atoms with Gasteiger partial charge in [0.15, 0.2) is 0 Å². The highest BCUT2D eigenvalue weighted by Gasteiger charge is 2.05. The molecular formula is C11H25NO. The maximum absolute atomic E-state index is 5.93. The maximum Gasteiger partial charge on any atom is 0.0464 e. The van der Waals surface area contributed by atoms with E-state index < -0.39 is 0 Å². The lowest BCUT2D eigenvalue weighted by Gasteiger charge is -2.14. The van der Waals surface area contributed by atoms with E-state index in [1.165, 1.54) is 19.3 Å². The van der Waals surface area contributed by atoms with Gasteiger partial charge in [0, 0.05) is 19.8 Å². The summed E-state index contributed by atoms with van der Waals surface area (Å²) in [4.78, 5) is 0. The molecule has 0 aliphatic rings. The average molecular weight is 187 g/mol. The van der Waals surface area contributed by atoms with Crippen molar-refractivity contribution >= 4 is 0 Å². The predicted molar refractivity (Wildman–Crippen MR) is 57.8 cm³/mol. The highest BCUT2D eigenvalue weighted by Crippen LogP contribution is 2.12. The van der Waals surface area contributed by atoms with Gasteiger partial charge in [-0.1, -0.05) is 20.3 Å². The van der Waals surface area contributed by atoms with Crippen LogP contribution in [-0.4, -0.2) is 19.8 Å². The summed E-state index contributed by atoms with van der Waals surface area (Å²) in [5, 5.41) is 0. The van der Waals surface area contributed by atoms with Gasteiger partial charge in [-0.3, -0.25) is 0 Å². The normalized spacial score (nSPS) is 15.7. The first-order valence-electron chi connectivity index (χ1n) is 5.45. The standard InChI is InChI=1S/C11H25NO/c1-4-5-11(12)7-6-10(2)8-9-13-3/h10-11H,4-9,12H2,1-3H3. The van der Waals surface area contributed by atoms with E-state index in [9.17, 15) is 0 Å². The minimum Gasteiger partial charge on any atom is -0.385 e. The van der Waals surface area contributed by atoms with Crippen LogP contribution in [0, 0.1) is 5.92 Å². The lowest BCUT2D eigenvalue weighted by atomic mass is 9.97. The maximum atomic E-state index is 5.93. The molecule has 2 atom stereocenters. The van der Waals surface area contributed by atoms with Gasteiger partial charge in [-0.15, -0.1) is 0 Å². The summed E-state index contributed by atoms with van der Waals surface area (Å²) >= 11 is 0. The van der Waals surface area contributed by atoms with E-state index >= 15 is 0 Å². The zero-order valence-electron chi connectivity index (χ0n) is 9.38. The Bertz CT molecular complexity index is 106. The van der Waals surface area contributed by atoms with Gasteiger partial charge in [0.05, 0.1) is 0 Å². The number of rotatable bonds is 8. The van der Waals surface area contributed by atoms with Crippen molar-refractivity contribution < 1.29 is 4.74 Å². The molecule has 0 aliphatic heterocycles. The molecule has 0 saturated carbocycles. The first-order chi connectivity index (χ1) is 6.20. The Balaban J connectivity index is 3.29. The van der Waals surface area contributed by atoms with Gasteiger partial charge in [-0.25, -0.2) is 0 Å². The Morgan fingerprint density at radius 2 is 1.85 bits per heavy atom. The fourth-order valence-corrected chi connectivity index (χ4v) is 1.48. The van der Waals surface area contributed by atoms with Crippen LogP contribution in [0.25, 0.3) is 0 Å². The minimum atomic E-state index is 0.412. The van der Waals surface area contributed by atoms with Crippen molar-refractivity contribution in [2.24, 2.45) is 11.7 Å². The monoisotopic (exact) mass is 187 g/mol. The summed E-state index contributed by atoms with van der Waals surface area (Å²) in [6, 6.07) is 0.412. The van der Waals surface area contributed by atoms with Crippen LogP contribution in [0.3, 0.4) is 0 Å². The van der Waals surface area contributed by atoms with Crippen molar-refractivity contribution in [2.45, 2.75) is 52.0 Å². The van der Waals surface area contributed by atoms with Crippen molar-refractivity contribution in [2.75, 3.05) is 13.7 Å². The lowest BCUT2D eigenvalue weighted by Crippen LogP contribution is -2.20. The third-order valence-corrected chi connectivity index (χ3v) is 2.50. The molecule has 80 valence electrons. The van der Waals surface area contributed by atoms with Gasteiger partial charge in [0.2, 0.25) is 0 Å². The fraction of sp³-hybridized carbons (Fsp3) is 1.00. The third kappa shape index (κ3) is 8.26. The molecule has 13 heavy (non-hydrogen) atoms. The van der Waals surface area contributed by atoms with E-state index in [0.717, 1.165) is 25.4 Å². The second-order valence-corrected chi connectivity index (χ2v) is 4.01. The number of methoxy groups -OCH3 is 1. The highest BCUT2D eigenvalue weighted by molar-refractivity contribution is 4.63. The van der Waals surface area contributed by atoms with Gasteiger partial charge in [-0.05, 0) is 31.6 Å². The molecule has 2 unspecified atom stereocenters. The van der Waals surface area contributed by atoms with Gasteiger partial charge in [0.1, 0.15) is 0 Å². The SMILES string of the molecule is CCCC(N)CCC(C)CCOC. The molecule has 2 heteroatoms. The smallest absolute Gasteiger partial charge is 0.0464 e. The summed E-state index contributed by atoms with van der Waals surface area (Å²) < 4.78 is 5.04. The molecule has 0 rings (SSSR count). The van der Waals surface area contributed by atoms with Crippen molar-refractivity contribution in [1.29, 1.82) is 0 Å². The summed E-state index contributed by atoms with van der Waals surface area (Å²) in [6.07, 6.45) is 5.93. The van der Waals surface area contributed by atoms with Crippen LogP contribution in [0.1, 0.15) is 46.0 Å². The zero-order chi connectivity index (χ0) is 10.1. The first-order valence-corrected chi connectivity index (χ1v) is 5.45. The van der Waals surface area contributed by atoms with Gasteiger partial charge < -0.3 is 10.5 Å². The van der Waals surface area contributed by atoms with Gasteiger partial charge in [0.25, 0.3) is 0 Å². The van der Waals surface area contributed by atoms with E-state index in [0.29, 0.717) is 6.04 Å². The van der Waals surface area contributed by atoms with E-state index in [-0.39, 0.29) is 0 Å². The molecule has 0 bridgehead atoms. The first kappa shape index (κ1) is 12.9. The molecule has 0 aromatic rings. The van der Waals surface area contributed by atoms with Gasteiger partial charge >= 0.3 is 0 Å². The van der Waals surface area contributed by atoms with E-state index in [4.69, 9.17) is 10.5 Å². The summed E-state index contributed by atoms with van der Waals surface area (Å²) in [5.41, 5.74) is 5.93. The Hall–Kier alpha value is -0.0800. The number of ether oxygens (including phenoxy) is 1. The largest absolute Gasteiger partial charge is 0.385 e. The molecular weight excluding hydrogens is 162 g/mol. The highest BCUT2D eigenvalue weighted by atomic mass is 16.5. The van der Waals surface area contributed by atoms with Crippen molar-refractivity contribution in [1.82, 2.24) is 0 Å². The van der Waals surface area contributed by atoms with Crippen LogP contribution >= 0.6 is 0 Å². The molecule has 0 amide bonds. The summed E-state index contributed by atoms with van der Waals surface area (Å²) in [7, 11) is 1.76. The van der Waals surface area contributed by atoms with Crippen LogP contribution in [0.5, 0.6) is 0 Å². The van der Waals surface area contributed by atoms with Crippen molar-refractivity contribution in [3.05, 3.63) is 0 Å². The van der Waals surface area contributed by atoms with Crippen molar-refractivity contribution in [3.8, 4) is 0 Å². The molecule has 0 heterocycles. The van der Waals surface area contributed by atoms with Crippen LogP contribution in [-0.2, 0) is 4.74 Å². The number of nitrogens with two attached hydrogens (primary N) is 1. The molecule has 0 saturated heterocycles. The third-order valence-electron chi connectivity index (χ3n) is 2.50. The van der Waals surface area contributed by atoms with Crippen LogP contribution in [0.4, 0.5) is 0 Å². The van der Waals surface area contributed by atoms with Crippen LogP contribution in [0.15, 0.2) is 0 Å². The topological polar surface area (TPSA) is 35.2 Å². The Morgan fingerprint density at radius 3 is 2.38 bits per heavy atom. The number of hydrogen-bond donors (Lipinski definition) is 1. The molecule has 0 spiro atoms. The lowest BCUT2D eigenvalue weighted by molar-refractivity contribution is 0.177. The van der Waals surface area contributed by atoms with Crippen molar-refractivity contribution in [3.63, 3.8) is 0 Å². The predicted octanol–water partition coefficient (Wildman–Crippen LogP) is 2.57. The van der Waals surface area contributed by atoms with E-state index in [1.807, 2.05) is 0 Å². The average Bonchev–Trinajstić information content (AvgIpc) is 2.12. The fourth-order valence-electron chi connectivity index (χ4n) is 1.48. The Labute approximate surface area is 82.8 Å². The second kappa shape index (κ2) is 8.52. The molecule has 2 nitrogen and oxygen atoms in total. The minimum absolute atomic E-state index is 0.412. The molecule has 0 aliphatic carbocycles. The van der Waals surface area contributed by atoms with Crippen LogP contribution < -0.4 is 5.73 Å². The molecule has 0 aromatic heterocycles. The molecule has 0 aromatic carbocycles. The molecule has 0 radical (unpaired) electrons. The Kier molecular flexibility index (Phi) is 8.46. The van der Waals surface area contributed by atoms with Gasteiger partial charge in [-0.2, -0.15) is 0 Å².